The lowest BCUT2D eigenvalue weighted by atomic mass is 10.2. The van der Waals surface area contributed by atoms with E-state index in [0.717, 1.165) is 26.3 Å². The summed E-state index contributed by atoms with van der Waals surface area (Å²) >= 11 is 0. The van der Waals surface area contributed by atoms with Crippen LogP contribution in [0.4, 0.5) is 0 Å². The first-order valence-electron chi connectivity index (χ1n) is 6.53. The molecule has 0 atom stereocenters. The molecule has 3 heteroatoms. The van der Waals surface area contributed by atoms with E-state index in [1.165, 1.54) is 5.56 Å². The topological polar surface area (TPSA) is 26.2 Å². The SMILES string of the molecule is CC(C)COCCn1ccc(CNC(C)C)c1. The number of rotatable bonds is 8. The van der Waals surface area contributed by atoms with Gasteiger partial charge in [0.15, 0.2) is 0 Å². The van der Waals surface area contributed by atoms with Crippen molar-refractivity contribution in [3.05, 3.63) is 24.0 Å². The summed E-state index contributed by atoms with van der Waals surface area (Å²) in [6, 6.07) is 2.70. The molecule has 0 bridgehead atoms. The molecule has 1 rings (SSSR count). The summed E-state index contributed by atoms with van der Waals surface area (Å²) in [6.45, 7) is 12.2. The third-order valence-electron chi connectivity index (χ3n) is 2.47. The Morgan fingerprint density at radius 2 is 2.06 bits per heavy atom. The first kappa shape index (κ1) is 14.3. The Balaban J connectivity index is 2.21. The average molecular weight is 238 g/mol. The fourth-order valence-electron chi connectivity index (χ4n) is 1.55. The summed E-state index contributed by atoms with van der Waals surface area (Å²) in [6.07, 6.45) is 4.31. The molecule has 0 aliphatic carbocycles. The van der Waals surface area contributed by atoms with Crippen molar-refractivity contribution >= 4 is 0 Å². The fourth-order valence-corrected chi connectivity index (χ4v) is 1.55. The quantitative estimate of drug-likeness (QED) is 0.705. The predicted octanol–water partition coefficient (Wildman–Crippen LogP) is 2.66. The summed E-state index contributed by atoms with van der Waals surface area (Å²) in [4.78, 5) is 0. The second-order valence-corrected chi connectivity index (χ2v) is 5.26. The zero-order chi connectivity index (χ0) is 12.7. The van der Waals surface area contributed by atoms with Gasteiger partial charge in [-0.1, -0.05) is 27.7 Å². The highest BCUT2D eigenvalue weighted by molar-refractivity contribution is 5.09. The second kappa shape index (κ2) is 7.51. The molecule has 3 nitrogen and oxygen atoms in total. The largest absolute Gasteiger partial charge is 0.379 e. The molecule has 0 spiro atoms. The lowest BCUT2D eigenvalue weighted by Gasteiger charge is -2.08. The van der Waals surface area contributed by atoms with E-state index in [0.29, 0.717) is 12.0 Å². The summed E-state index contributed by atoms with van der Waals surface area (Å²) < 4.78 is 7.76. The molecule has 0 radical (unpaired) electrons. The highest BCUT2D eigenvalue weighted by Gasteiger charge is 1.99. The molecule has 1 aromatic rings. The standard InChI is InChI=1S/C14H26N2O/c1-12(2)11-17-8-7-16-6-5-14(10-16)9-15-13(3)4/h5-6,10,12-13,15H,7-9,11H2,1-4H3. The van der Waals surface area contributed by atoms with Gasteiger partial charge in [-0.2, -0.15) is 0 Å². The molecule has 0 saturated carbocycles. The van der Waals surface area contributed by atoms with Gasteiger partial charge >= 0.3 is 0 Å². The number of ether oxygens (including phenoxy) is 1. The summed E-state index contributed by atoms with van der Waals surface area (Å²) in [7, 11) is 0. The van der Waals surface area contributed by atoms with Gasteiger partial charge in [0.1, 0.15) is 0 Å². The Kier molecular flexibility index (Phi) is 6.30. The van der Waals surface area contributed by atoms with Gasteiger partial charge in [-0.05, 0) is 17.5 Å². The zero-order valence-electron chi connectivity index (χ0n) is 11.6. The third-order valence-corrected chi connectivity index (χ3v) is 2.47. The Labute approximate surface area is 105 Å². The van der Waals surface area contributed by atoms with Crippen LogP contribution in [0, 0.1) is 5.92 Å². The van der Waals surface area contributed by atoms with E-state index in [1.54, 1.807) is 0 Å². The van der Waals surface area contributed by atoms with Crippen LogP contribution in [-0.2, 0) is 17.8 Å². The van der Waals surface area contributed by atoms with Gasteiger partial charge in [-0.15, -0.1) is 0 Å². The van der Waals surface area contributed by atoms with E-state index in [9.17, 15) is 0 Å². The van der Waals surface area contributed by atoms with Crippen molar-refractivity contribution in [1.82, 2.24) is 9.88 Å². The summed E-state index contributed by atoms with van der Waals surface area (Å²) in [5.74, 6) is 0.616. The molecule has 17 heavy (non-hydrogen) atoms. The van der Waals surface area contributed by atoms with E-state index in [-0.39, 0.29) is 0 Å². The molecular weight excluding hydrogens is 212 g/mol. The minimum absolute atomic E-state index is 0.535. The highest BCUT2D eigenvalue weighted by atomic mass is 16.5. The number of hydrogen-bond acceptors (Lipinski definition) is 2. The number of hydrogen-bond donors (Lipinski definition) is 1. The Hall–Kier alpha value is -0.800. The Morgan fingerprint density at radius 3 is 2.71 bits per heavy atom. The smallest absolute Gasteiger partial charge is 0.0645 e. The Bertz CT molecular complexity index is 305. The van der Waals surface area contributed by atoms with Crippen LogP contribution in [-0.4, -0.2) is 23.8 Å². The van der Waals surface area contributed by atoms with Crippen LogP contribution in [0.25, 0.3) is 0 Å². The van der Waals surface area contributed by atoms with Gasteiger partial charge in [0, 0.05) is 38.1 Å². The first-order chi connectivity index (χ1) is 8.08. The first-order valence-corrected chi connectivity index (χ1v) is 6.53. The monoisotopic (exact) mass is 238 g/mol. The van der Waals surface area contributed by atoms with Gasteiger partial charge in [0.25, 0.3) is 0 Å². The van der Waals surface area contributed by atoms with E-state index in [1.807, 2.05) is 0 Å². The molecule has 0 unspecified atom stereocenters. The molecule has 0 aliphatic heterocycles. The van der Waals surface area contributed by atoms with Crippen LogP contribution in [0.2, 0.25) is 0 Å². The normalized spacial score (nSPS) is 11.6. The van der Waals surface area contributed by atoms with Crippen molar-refractivity contribution in [1.29, 1.82) is 0 Å². The van der Waals surface area contributed by atoms with Crippen LogP contribution in [0.1, 0.15) is 33.3 Å². The van der Waals surface area contributed by atoms with E-state index < -0.39 is 0 Å². The number of nitrogens with zero attached hydrogens (tertiary/aromatic N) is 1. The van der Waals surface area contributed by atoms with E-state index in [2.05, 4.69) is 56.0 Å². The van der Waals surface area contributed by atoms with Crippen molar-refractivity contribution in [2.75, 3.05) is 13.2 Å². The molecule has 98 valence electrons. The van der Waals surface area contributed by atoms with Crippen molar-refractivity contribution in [3.63, 3.8) is 0 Å². The zero-order valence-corrected chi connectivity index (χ0v) is 11.6. The van der Waals surface area contributed by atoms with Gasteiger partial charge in [-0.25, -0.2) is 0 Å². The predicted molar refractivity (Wildman–Crippen MR) is 72.1 cm³/mol. The highest BCUT2D eigenvalue weighted by Crippen LogP contribution is 2.02. The summed E-state index contributed by atoms with van der Waals surface area (Å²) in [5.41, 5.74) is 1.34. The molecule has 1 aromatic heterocycles. The Morgan fingerprint density at radius 1 is 1.29 bits per heavy atom. The minimum atomic E-state index is 0.535. The van der Waals surface area contributed by atoms with Crippen LogP contribution in [0.5, 0.6) is 0 Å². The summed E-state index contributed by atoms with van der Waals surface area (Å²) in [5, 5.41) is 3.41. The van der Waals surface area contributed by atoms with Crippen LogP contribution < -0.4 is 5.32 Å². The lowest BCUT2D eigenvalue weighted by molar-refractivity contribution is 0.103. The fraction of sp³-hybridized carbons (Fsp3) is 0.714. The third kappa shape index (κ3) is 6.49. The maximum atomic E-state index is 5.57. The van der Waals surface area contributed by atoms with Gasteiger partial charge in [0.2, 0.25) is 0 Å². The molecule has 1 N–H and O–H groups in total. The van der Waals surface area contributed by atoms with Gasteiger partial charge in [-0.3, -0.25) is 0 Å². The molecule has 0 aliphatic rings. The van der Waals surface area contributed by atoms with Gasteiger partial charge in [0.05, 0.1) is 6.61 Å². The van der Waals surface area contributed by atoms with Crippen LogP contribution in [0.15, 0.2) is 18.5 Å². The molecule has 1 heterocycles. The molecule has 0 fully saturated rings. The molecular formula is C14H26N2O. The molecule has 0 saturated heterocycles. The second-order valence-electron chi connectivity index (χ2n) is 5.26. The molecule has 0 aromatic carbocycles. The van der Waals surface area contributed by atoms with Crippen molar-refractivity contribution < 1.29 is 4.74 Å². The van der Waals surface area contributed by atoms with Gasteiger partial charge < -0.3 is 14.6 Å². The van der Waals surface area contributed by atoms with E-state index in [4.69, 9.17) is 4.74 Å². The van der Waals surface area contributed by atoms with Crippen molar-refractivity contribution in [2.24, 2.45) is 5.92 Å². The number of nitrogens with one attached hydrogen (secondary N) is 1. The van der Waals surface area contributed by atoms with Crippen molar-refractivity contribution in [2.45, 2.75) is 46.8 Å². The molecule has 0 amide bonds. The van der Waals surface area contributed by atoms with E-state index >= 15 is 0 Å². The van der Waals surface area contributed by atoms with Crippen LogP contribution in [0.3, 0.4) is 0 Å². The van der Waals surface area contributed by atoms with Crippen molar-refractivity contribution in [3.8, 4) is 0 Å². The number of aromatic nitrogens is 1. The minimum Gasteiger partial charge on any atom is -0.379 e. The van der Waals surface area contributed by atoms with Crippen LogP contribution >= 0.6 is 0 Å². The lowest BCUT2D eigenvalue weighted by Crippen LogP contribution is -2.21. The maximum Gasteiger partial charge on any atom is 0.0645 e. The average Bonchev–Trinajstić information content (AvgIpc) is 2.69. The maximum absolute atomic E-state index is 5.57.